The van der Waals surface area contributed by atoms with Crippen LogP contribution in [0, 0.1) is 24.0 Å². The van der Waals surface area contributed by atoms with Crippen LogP contribution in [0.2, 0.25) is 0 Å². The number of hydrogen-bond acceptors (Lipinski definition) is 7. The molecule has 0 atom stereocenters. The molecular formula is C27H22N4O4. The van der Waals surface area contributed by atoms with Crippen molar-refractivity contribution in [1.82, 2.24) is 4.98 Å². The van der Waals surface area contributed by atoms with Crippen molar-refractivity contribution in [3.63, 3.8) is 0 Å². The molecule has 174 valence electrons. The van der Waals surface area contributed by atoms with Crippen LogP contribution in [0.5, 0.6) is 0 Å². The van der Waals surface area contributed by atoms with Crippen molar-refractivity contribution in [2.24, 2.45) is 4.99 Å². The molecule has 8 nitrogen and oxygen atoms in total. The molecule has 0 saturated carbocycles. The maximum atomic E-state index is 12.7. The van der Waals surface area contributed by atoms with E-state index in [4.69, 9.17) is 14.7 Å². The zero-order valence-electron chi connectivity index (χ0n) is 19.5. The highest BCUT2D eigenvalue weighted by Crippen LogP contribution is 2.43. The Morgan fingerprint density at radius 3 is 2.40 bits per heavy atom. The molecule has 0 fully saturated rings. The van der Waals surface area contributed by atoms with E-state index < -0.39 is 10.9 Å². The second-order valence-corrected chi connectivity index (χ2v) is 8.29. The van der Waals surface area contributed by atoms with Crippen molar-refractivity contribution in [3.05, 3.63) is 99.2 Å². The van der Waals surface area contributed by atoms with Crippen molar-refractivity contribution in [2.45, 2.75) is 20.8 Å². The summed E-state index contributed by atoms with van der Waals surface area (Å²) in [6.07, 6.45) is 0. The first-order valence-corrected chi connectivity index (χ1v) is 11.2. The monoisotopic (exact) mass is 466 g/mol. The number of nitro groups is 1. The lowest BCUT2D eigenvalue weighted by molar-refractivity contribution is -0.384. The molecular weight excluding hydrogens is 444 g/mol. The number of hydrogen-bond donors (Lipinski definition) is 0. The van der Waals surface area contributed by atoms with Crippen molar-refractivity contribution in [2.75, 3.05) is 11.5 Å². The highest BCUT2D eigenvalue weighted by Gasteiger charge is 2.29. The minimum absolute atomic E-state index is 0.00658. The van der Waals surface area contributed by atoms with E-state index in [-0.39, 0.29) is 18.0 Å². The molecule has 0 spiro atoms. The van der Waals surface area contributed by atoms with E-state index in [9.17, 15) is 14.9 Å². The molecule has 1 aliphatic heterocycles. The summed E-state index contributed by atoms with van der Waals surface area (Å²) in [7, 11) is 0. The SMILES string of the molecule is CCOC(=O)c1cc2c(C)ccc3c2c(n1)N(c1ccc(C)cc1)C(c1ccc([N+](=O)[O-])cc1)=N3. The minimum atomic E-state index is -0.501. The number of ether oxygens (including phenoxy) is 1. The first kappa shape index (κ1) is 22.2. The second-order valence-electron chi connectivity index (χ2n) is 8.29. The lowest BCUT2D eigenvalue weighted by Crippen LogP contribution is -2.30. The minimum Gasteiger partial charge on any atom is -0.461 e. The Hall–Kier alpha value is -4.59. The van der Waals surface area contributed by atoms with Crippen LogP contribution in [0.1, 0.15) is 34.1 Å². The number of aliphatic imine (C=N–C) groups is 1. The maximum absolute atomic E-state index is 12.7. The van der Waals surface area contributed by atoms with Gasteiger partial charge < -0.3 is 4.74 Å². The summed E-state index contributed by atoms with van der Waals surface area (Å²) in [5.41, 5.74) is 4.46. The number of aryl methyl sites for hydroxylation is 2. The standard InChI is InChI=1S/C27H22N4O4/c1-4-35-27(32)23-15-21-17(3)7-14-22-24(21)26(29-23)30(19-10-5-16(2)6-11-19)25(28-22)18-8-12-20(13-9-18)31(33)34/h5-15H,4H2,1-3H3. The number of carbonyl (C=O) groups excluding carboxylic acids is 1. The van der Waals surface area contributed by atoms with Gasteiger partial charge in [0.05, 0.1) is 22.6 Å². The Morgan fingerprint density at radius 1 is 1.03 bits per heavy atom. The molecule has 0 N–H and O–H groups in total. The maximum Gasteiger partial charge on any atom is 0.357 e. The van der Waals surface area contributed by atoms with Crippen LogP contribution < -0.4 is 4.90 Å². The Balaban J connectivity index is 1.80. The van der Waals surface area contributed by atoms with E-state index in [1.807, 2.05) is 55.1 Å². The molecule has 0 aliphatic carbocycles. The average molecular weight is 466 g/mol. The smallest absolute Gasteiger partial charge is 0.357 e. The van der Waals surface area contributed by atoms with Gasteiger partial charge >= 0.3 is 5.97 Å². The number of pyridine rings is 1. The Morgan fingerprint density at radius 2 is 1.74 bits per heavy atom. The lowest BCUT2D eigenvalue weighted by Gasteiger charge is -2.31. The zero-order chi connectivity index (χ0) is 24.7. The van der Waals surface area contributed by atoms with Crippen LogP contribution in [0.15, 0.2) is 71.7 Å². The Bertz CT molecular complexity index is 1510. The van der Waals surface area contributed by atoms with Crippen LogP contribution >= 0.6 is 0 Å². The van der Waals surface area contributed by atoms with Crippen LogP contribution in [-0.2, 0) is 4.74 Å². The van der Waals surface area contributed by atoms with Crippen LogP contribution in [0.25, 0.3) is 10.8 Å². The summed E-state index contributed by atoms with van der Waals surface area (Å²) in [6.45, 7) is 5.97. The normalized spacial score (nSPS) is 12.4. The summed E-state index contributed by atoms with van der Waals surface area (Å²) in [6, 6.07) is 19.8. The fourth-order valence-corrected chi connectivity index (χ4v) is 4.17. The van der Waals surface area contributed by atoms with Gasteiger partial charge in [0.25, 0.3) is 5.69 Å². The largest absolute Gasteiger partial charge is 0.461 e. The molecule has 8 heteroatoms. The van der Waals surface area contributed by atoms with Crippen molar-refractivity contribution in [1.29, 1.82) is 0 Å². The quantitative estimate of drug-likeness (QED) is 0.198. The number of nitrogens with zero attached hydrogens (tertiary/aromatic N) is 4. The van der Waals surface area contributed by atoms with Crippen LogP contribution in [0.4, 0.5) is 22.9 Å². The van der Waals surface area contributed by atoms with Gasteiger partial charge in [-0.05, 0) is 68.1 Å². The number of amidine groups is 1. The molecule has 35 heavy (non-hydrogen) atoms. The zero-order valence-corrected chi connectivity index (χ0v) is 19.5. The summed E-state index contributed by atoms with van der Waals surface area (Å²) in [5, 5.41) is 12.9. The number of aromatic nitrogens is 1. The number of rotatable bonds is 5. The van der Waals surface area contributed by atoms with Gasteiger partial charge in [0.2, 0.25) is 0 Å². The molecule has 0 saturated heterocycles. The van der Waals surface area contributed by atoms with E-state index in [1.54, 1.807) is 25.1 Å². The topological polar surface area (TPSA) is 97.9 Å². The van der Waals surface area contributed by atoms with Gasteiger partial charge in [-0.15, -0.1) is 0 Å². The fraction of sp³-hybridized carbons (Fsp3) is 0.148. The average Bonchev–Trinajstić information content (AvgIpc) is 2.86. The molecule has 1 aromatic heterocycles. The molecule has 0 bridgehead atoms. The number of benzene rings is 3. The van der Waals surface area contributed by atoms with E-state index in [1.165, 1.54) is 12.1 Å². The molecule has 0 unspecified atom stereocenters. The molecule has 2 heterocycles. The van der Waals surface area contributed by atoms with Gasteiger partial charge in [0.1, 0.15) is 11.7 Å². The molecule has 3 aromatic carbocycles. The molecule has 0 radical (unpaired) electrons. The van der Waals surface area contributed by atoms with Crippen molar-refractivity contribution < 1.29 is 14.5 Å². The highest BCUT2D eigenvalue weighted by molar-refractivity contribution is 6.23. The Kier molecular flexibility index (Phi) is 5.49. The van der Waals surface area contributed by atoms with Gasteiger partial charge in [-0.2, -0.15) is 0 Å². The second kappa shape index (κ2) is 8.64. The number of non-ortho nitro benzene ring substituents is 1. The fourth-order valence-electron chi connectivity index (χ4n) is 4.17. The predicted octanol–water partition coefficient (Wildman–Crippen LogP) is 6.17. The van der Waals surface area contributed by atoms with Crippen LogP contribution in [-0.4, -0.2) is 28.3 Å². The number of anilines is 2. The van der Waals surface area contributed by atoms with Crippen molar-refractivity contribution in [3.8, 4) is 0 Å². The third-order valence-corrected chi connectivity index (χ3v) is 5.94. The Labute approximate surface area is 201 Å². The predicted molar refractivity (Wildman–Crippen MR) is 135 cm³/mol. The highest BCUT2D eigenvalue weighted by atomic mass is 16.6. The lowest BCUT2D eigenvalue weighted by atomic mass is 10.0. The molecule has 4 aromatic rings. The number of nitro benzene ring substituents is 1. The van der Waals surface area contributed by atoms with E-state index in [2.05, 4.69) is 0 Å². The molecule has 5 rings (SSSR count). The van der Waals surface area contributed by atoms with Gasteiger partial charge in [0, 0.05) is 23.4 Å². The van der Waals surface area contributed by atoms with Crippen LogP contribution in [0.3, 0.4) is 0 Å². The van der Waals surface area contributed by atoms with Crippen molar-refractivity contribution >= 4 is 45.5 Å². The van der Waals surface area contributed by atoms with Gasteiger partial charge in [-0.3, -0.25) is 15.0 Å². The number of carbonyl (C=O) groups is 1. The molecule has 0 amide bonds. The summed E-state index contributed by atoms with van der Waals surface area (Å²) in [5.74, 6) is 0.602. The van der Waals surface area contributed by atoms with E-state index in [0.717, 1.165) is 27.6 Å². The van der Waals surface area contributed by atoms with Gasteiger partial charge in [-0.1, -0.05) is 23.8 Å². The first-order valence-electron chi connectivity index (χ1n) is 11.2. The number of esters is 1. The van der Waals surface area contributed by atoms with Gasteiger partial charge in [0.15, 0.2) is 5.69 Å². The summed E-state index contributed by atoms with van der Waals surface area (Å²) >= 11 is 0. The third-order valence-electron chi connectivity index (χ3n) is 5.94. The van der Waals surface area contributed by atoms with Gasteiger partial charge in [-0.25, -0.2) is 14.8 Å². The first-order chi connectivity index (χ1) is 16.9. The van der Waals surface area contributed by atoms with E-state index in [0.29, 0.717) is 22.9 Å². The molecule has 1 aliphatic rings. The van der Waals surface area contributed by atoms with E-state index >= 15 is 0 Å². The summed E-state index contributed by atoms with van der Waals surface area (Å²) < 4.78 is 5.25. The summed E-state index contributed by atoms with van der Waals surface area (Å²) in [4.78, 5) is 35.1. The third kappa shape index (κ3) is 3.89.